The van der Waals surface area contributed by atoms with Gasteiger partial charge in [0.05, 0.1) is 11.9 Å². The fourth-order valence-corrected chi connectivity index (χ4v) is 8.99. The first-order valence-electron chi connectivity index (χ1n) is 15.2. The third-order valence-electron chi connectivity index (χ3n) is 9.50. The van der Waals surface area contributed by atoms with E-state index in [1.54, 1.807) is 0 Å². The summed E-state index contributed by atoms with van der Waals surface area (Å²) >= 11 is 0. The number of sulfonamides is 1. The molecule has 0 heterocycles. The lowest BCUT2D eigenvalue weighted by Crippen LogP contribution is -2.53. The van der Waals surface area contributed by atoms with E-state index in [4.69, 9.17) is 0 Å². The number of benzene rings is 2. The molecule has 0 aliphatic heterocycles. The van der Waals surface area contributed by atoms with Gasteiger partial charge in [-0.2, -0.15) is 0 Å². The molecule has 0 spiro atoms. The van der Waals surface area contributed by atoms with Gasteiger partial charge in [-0.3, -0.25) is 13.9 Å². The number of hydrogen-bond acceptors (Lipinski definition) is 4. The molecule has 0 saturated heterocycles. The molecule has 41 heavy (non-hydrogen) atoms. The Morgan fingerprint density at radius 3 is 1.98 bits per heavy atom. The normalized spacial score (nSPS) is 25.6. The van der Waals surface area contributed by atoms with Gasteiger partial charge in [-0.25, -0.2) is 8.42 Å². The average molecular weight is 580 g/mol. The van der Waals surface area contributed by atoms with Crippen molar-refractivity contribution in [3.8, 4) is 0 Å². The highest BCUT2D eigenvalue weighted by Crippen LogP contribution is 2.60. The summed E-state index contributed by atoms with van der Waals surface area (Å²) in [4.78, 5) is 28.6. The highest BCUT2D eigenvalue weighted by Gasteiger charge is 2.51. The Morgan fingerprint density at radius 2 is 1.49 bits per heavy atom. The largest absolute Gasteiger partial charge is 0.352 e. The van der Waals surface area contributed by atoms with E-state index < -0.39 is 22.0 Å². The summed E-state index contributed by atoms with van der Waals surface area (Å²) in [6, 6.07) is 16.6. The lowest BCUT2D eigenvalue weighted by molar-refractivity contribution is -0.140. The third kappa shape index (κ3) is 6.47. The molecule has 1 atom stereocenters. The molecule has 1 N–H and O–H groups in total. The third-order valence-corrected chi connectivity index (χ3v) is 10.6. The molecular formula is C33H45N3O4S. The maximum atomic E-state index is 13.9. The Balaban J connectivity index is 1.40. The maximum Gasteiger partial charge on any atom is 0.244 e. The molecule has 1 unspecified atom stereocenters. The summed E-state index contributed by atoms with van der Waals surface area (Å²) in [5, 5.41) is 2.93. The van der Waals surface area contributed by atoms with Crippen LogP contribution in [0.2, 0.25) is 0 Å². The van der Waals surface area contributed by atoms with E-state index in [9.17, 15) is 18.0 Å². The molecule has 4 bridgehead atoms. The minimum Gasteiger partial charge on any atom is -0.352 e. The number of carbonyl (C=O) groups is 2. The lowest BCUT2D eigenvalue weighted by Gasteiger charge is -2.57. The average Bonchev–Trinajstić information content (AvgIpc) is 2.90. The van der Waals surface area contributed by atoms with Crippen LogP contribution in [0.25, 0.3) is 0 Å². The van der Waals surface area contributed by atoms with E-state index in [0.717, 1.165) is 29.6 Å². The summed E-state index contributed by atoms with van der Waals surface area (Å²) in [5.74, 6) is 1.82. The van der Waals surface area contributed by atoms with Gasteiger partial charge >= 0.3 is 0 Å². The van der Waals surface area contributed by atoms with E-state index in [1.165, 1.54) is 53.3 Å². The predicted molar refractivity (Wildman–Crippen MR) is 163 cm³/mol. The number of hydrogen-bond donors (Lipinski definition) is 1. The summed E-state index contributed by atoms with van der Waals surface area (Å²) in [5.41, 5.74) is 2.88. The highest BCUT2D eigenvalue weighted by molar-refractivity contribution is 7.92. The van der Waals surface area contributed by atoms with Crippen LogP contribution in [0.3, 0.4) is 0 Å². The molecule has 4 aliphatic carbocycles. The molecule has 8 heteroatoms. The van der Waals surface area contributed by atoms with E-state index in [2.05, 4.69) is 17.4 Å². The summed E-state index contributed by atoms with van der Waals surface area (Å²) in [7, 11) is -3.76. The van der Waals surface area contributed by atoms with Gasteiger partial charge in [0, 0.05) is 12.6 Å². The van der Waals surface area contributed by atoms with Crippen molar-refractivity contribution in [2.24, 2.45) is 17.8 Å². The number of anilines is 1. The molecule has 4 aliphatic rings. The van der Waals surface area contributed by atoms with Gasteiger partial charge in [-0.15, -0.1) is 0 Å². The van der Waals surface area contributed by atoms with Gasteiger partial charge in [0.25, 0.3) is 0 Å². The minimum atomic E-state index is -3.76. The molecule has 0 aromatic heterocycles. The minimum absolute atomic E-state index is 0.0785. The van der Waals surface area contributed by atoms with Gasteiger partial charge in [-0.05, 0) is 105 Å². The van der Waals surface area contributed by atoms with Crippen LogP contribution in [0.5, 0.6) is 0 Å². The van der Waals surface area contributed by atoms with Crippen LogP contribution < -0.4 is 9.62 Å². The molecule has 6 rings (SSSR count). The van der Waals surface area contributed by atoms with Crippen LogP contribution in [-0.2, 0) is 31.6 Å². The Bertz CT molecular complexity index is 1310. The van der Waals surface area contributed by atoms with Crippen molar-refractivity contribution in [3.63, 3.8) is 0 Å². The molecule has 222 valence electrons. The van der Waals surface area contributed by atoms with E-state index in [0.29, 0.717) is 12.1 Å². The van der Waals surface area contributed by atoms with Crippen molar-refractivity contribution < 1.29 is 18.0 Å². The zero-order valence-electron chi connectivity index (χ0n) is 24.9. The van der Waals surface area contributed by atoms with Crippen molar-refractivity contribution in [3.05, 3.63) is 65.7 Å². The van der Waals surface area contributed by atoms with Crippen LogP contribution >= 0.6 is 0 Å². The smallest absolute Gasteiger partial charge is 0.244 e. The predicted octanol–water partition coefficient (Wildman–Crippen LogP) is 5.25. The Morgan fingerprint density at radius 1 is 0.927 bits per heavy atom. The Labute approximate surface area is 245 Å². The van der Waals surface area contributed by atoms with Gasteiger partial charge in [0.1, 0.15) is 12.6 Å². The van der Waals surface area contributed by atoms with Crippen molar-refractivity contribution in [1.82, 2.24) is 10.2 Å². The van der Waals surface area contributed by atoms with Gasteiger partial charge in [-0.1, -0.05) is 49.4 Å². The van der Waals surface area contributed by atoms with Crippen molar-refractivity contribution in [1.29, 1.82) is 0 Å². The van der Waals surface area contributed by atoms with Crippen molar-refractivity contribution in [2.75, 3.05) is 17.1 Å². The first kappa shape index (κ1) is 29.6. The fourth-order valence-electron chi connectivity index (χ4n) is 8.14. The molecular weight excluding hydrogens is 534 g/mol. The molecule has 2 amide bonds. The van der Waals surface area contributed by atoms with E-state index in [1.807, 2.05) is 63.2 Å². The number of carbonyl (C=O) groups excluding carboxylic acids is 2. The second-order valence-corrected chi connectivity index (χ2v) is 15.0. The number of rotatable bonds is 11. The van der Waals surface area contributed by atoms with Crippen molar-refractivity contribution in [2.45, 2.75) is 89.8 Å². The Kier molecular flexibility index (Phi) is 8.51. The van der Waals surface area contributed by atoms with Crippen LogP contribution in [-0.4, -0.2) is 50.0 Å². The molecule has 2 aromatic rings. The van der Waals surface area contributed by atoms with E-state index in [-0.39, 0.29) is 30.5 Å². The van der Waals surface area contributed by atoms with Crippen molar-refractivity contribution >= 4 is 27.5 Å². The quantitative estimate of drug-likeness (QED) is 0.394. The highest BCUT2D eigenvalue weighted by atomic mass is 32.2. The number of nitrogens with one attached hydrogen (secondary N) is 1. The van der Waals surface area contributed by atoms with Gasteiger partial charge < -0.3 is 10.2 Å². The fraction of sp³-hybridized carbons (Fsp3) is 0.576. The number of nitrogens with zero attached hydrogens (tertiary/aromatic N) is 2. The zero-order valence-corrected chi connectivity index (χ0v) is 25.7. The first-order valence-corrected chi connectivity index (χ1v) is 17.0. The monoisotopic (exact) mass is 579 g/mol. The molecule has 2 aromatic carbocycles. The Hall–Kier alpha value is -2.87. The van der Waals surface area contributed by atoms with Gasteiger partial charge in [0.15, 0.2) is 0 Å². The molecule has 0 radical (unpaired) electrons. The van der Waals surface area contributed by atoms with Gasteiger partial charge in [0.2, 0.25) is 21.8 Å². The molecule has 4 saturated carbocycles. The second-order valence-electron chi connectivity index (χ2n) is 13.1. The van der Waals surface area contributed by atoms with Crippen LogP contribution in [0, 0.1) is 17.8 Å². The topological polar surface area (TPSA) is 86.8 Å². The lowest BCUT2D eigenvalue weighted by atomic mass is 9.48. The molecule has 4 fully saturated rings. The number of amides is 2. The summed E-state index contributed by atoms with van der Waals surface area (Å²) in [6.45, 7) is 5.48. The van der Waals surface area contributed by atoms with Crippen LogP contribution in [0.4, 0.5) is 5.69 Å². The molecule has 7 nitrogen and oxygen atoms in total. The van der Waals surface area contributed by atoms with E-state index >= 15 is 0 Å². The second kappa shape index (κ2) is 11.8. The SMILES string of the molecule is CCC(C(=O)NC(C)C)N(Cc1ccccc1)C(=O)CN(c1ccc(C23CC4CC(CC(C4)C2)C3)cc1)S(C)(=O)=O. The van der Waals surface area contributed by atoms with Crippen LogP contribution in [0.1, 0.15) is 76.8 Å². The summed E-state index contributed by atoms with van der Waals surface area (Å²) in [6.07, 6.45) is 9.36. The first-order chi connectivity index (χ1) is 19.5. The zero-order chi connectivity index (χ0) is 29.4. The maximum absolute atomic E-state index is 13.9. The summed E-state index contributed by atoms with van der Waals surface area (Å²) < 4.78 is 27.3. The standard InChI is InChI=1S/C33H45N3O4S/c1-5-30(32(38)34-23(2)3)35(21-24-9-7-6-8-10-24)31(37)22-36(41(4,39)40)29-13-11-28(12-14-29)33-18-25-15-26(19-33)17-27(16-25)20-33/h6-14,23,25-27,30H,5,15-22H2,1-4H3,(H,34,38). The van der Waals surface area contributed by atoms with Crippen LogP contribution in [0.15, 0.2) is 54.6 Å².